The molecule has 0 spiro atoms. The summed E-state index contributed by atoms with van der Waals surface area (Å²) in [7, 11) is 0. The van der Waals surface area contributed by atoms with Gasteiger partial charge in [0.15, 0.2) is 5.17 Å². The van der Waals surface area contributed by atoms with Crippen LogP contribution in [-0.2, 0) is 20.9 Å². The van der Waals surface area contributed by atoms with E-state index in [1.807, 2.05) is 6.92 Å². The average Bonchev–Trinajstić information content (AvgIpc) is 3.46. The monoisotopic (exact) mass is 492 g/mol. The fourth-order valence-corrected chi connectivity index (χ4v) is 7.25. The Bertz CT molecular complexity index is 1040. The molecule has 2 fully saturated rings. The third-order valence-electron chi connectivity index (χ3n) is 6.40. The van der Waals surface area contributed by atoms with Gasteiger partial charge in [-0.1, -0.05) is 18.7 Å². The van der Waals surface area contributed by atoms with E-state index < -0.39 is 17.9 Å². The van der Waals surface area contributed by atoms with Crippen LogP contribution in [0, 0.1) is 11.8 Å². The van der Waals surface area contributed by atoms with Crippen LogP contribution in [0.1, 0.15) is 13.8 Å². The van der Waals surface area contributed by atoms with Crippen LogP contribution in [0.4, 0.5) is 0 Å². The van der Waals surface area contributed by atoms with E-state index >= 15 is 0 Å². The molecular weight excluding hydrogens is 468 g/mol. The number of carboxylic acids is 1. The van der Waals surface area contributed by atoms with E-state index in [1.54, 1.807) is 30.4 Å². The number of β-lactam (4-membered cyclic amide) rings is 1. The molecule has 12 nitrogen and oxygen atoms in total. The van der Waals surface area contributed by atoms with Crippen LogP contribution < -0.4 is 5.32 Å². The van der Waals surface area contributed by atoms with Gasteiger partial charge in [0.1, 0.15) is 18.6 Å². The molecule has 4 aliphatic rings. The van der Waals surface area contributed by atoms with Crippen LogP contribution in [0.5, 0.6) is 0 Å². The van der Waals surface area contributed by atoms with Crippen LogP contribution in [-0.4, -0.2) is 101 Å². The molecule has 4 aliphatic heterocycles. The number of aromatic nitrogens is 4. The van der Waals surface area contributed by atoms with Crippen LogP contribution in [0.3, 0.4) is 0 Å². The van der Waals surface area contributed by atoms with Gasteiger partial charge < -0.3 is 20.2 Å². The van der Waals surface area contributed by atoms with Crippen LogP contribution >= 0.6 is 23.5 Å². The number of hydrogen-bond donors (Lipinski definition) is 2. The van der Waals surface area contributed by atoms with Crippen molar-refractivity contribution in [3.63, 3.8) is 0 Å². The highest BCUT2D eigenvalue weighted by Crippen LogP contribution is 2.52. The van der Waals surface area contributed by atoms with Gasteiger partial charge in [-0.15, -0.1) is 16.9 Å². The fraction of sp³-hybridized carbons (Fsp3) is 0.632. The summed E-state index contributed by atoms with van der Waals surface area (Å²) < 4.78 is 1.30. The van der Waals surface area contributed by atoms with E-state index in [0.29, 0.717) is 0 Å². The smallest absolute Gasteiger partial charge is 0.353 e. The number of fused-ring (bicyclic) bond motifs is 1. The molecule has 0 saturated carbocycles. The number of amidine groups is 1. The number of aliphatic carboxylic acids is 1. The van der Waals surface area contributed by atoms with Crippen molar-refractivity contribution in [1.29, 1.82) is 0 Å². The lowest BCUT2D eigenvalue weighted by atomic mass is 9.78. The first-order chi connectivity index (χ1) is 15.8. The minimum Gasteiger partial charge on any atom is -0.477 e. The quantitative estimate of drug-likeness (QED) is 0.476. The van der Waals surface area contributed by atoms with Gasteiger partial charge in [-0.05, 0) is 17.4 Å². The van der Waals surface area contributed by atoms with Gasteiger partial charge in [-0.2, -0.15) is 0 Å². The molecule has 176 valence electrons. The second-order valence-corrected chi connectivity index (χ2v) is 11.0. The summed E-state index contributed by atoms with van der Waals surface area (Å²) in [5.74, 6) is -1.24. The second-order valence-electron chi connectivity index (χ2n) is 8.55. The third kappa shape index (κ3) is 3.88. The number of amides is 2. The summed E-state index contributed by atoms with van der Waals surface area (Å²) in [6.07, 6.45) is 1.34. The van der Waals surface area contributed by atoms with Gasteiger partial charge in [0.05, 0.1) is 18.5 Å². The number of thioether (sulfide) groups is 2. The Morgan fingerprint density at radius 3 is 2.82 bits per heavy atom. The largest absolute Gasteiger partial charge is 0.477 e. The summed E-state index contributed by atoms with van der Waals surface area (Å²) in [5, 5.41) is 24.7. The highest BCUT2D eigenvalue weighted by atomic mass is 32.2. The van der Waals surface area contributed by atoms with E-state index in [1.165, 1.54) is 15.9 Å². The fourth-order valence-electron chi connectivity index (χ4n) is 4.85. The number of nitrogens with one attached hydrogen (secondary N) is 1. The van der Waals surface area contributed by atoms with Crippen molar-refractivity contribution in [2.24, 2.45) is 16.8 Å². The molecule has 5 heterocycles. The first-order valence-electron chi connectivity index (χ1n) is 10.7. The lowest BCUT2D eigenvalue weighted by Gasteiger charge is -2.47. The molecular formula is C19H24N8O4S2. The number of carboxylic acid groups (broad SMARTS) is 1. The summed E-state index contributed by atoms with van der Waals surface area (Å²) in [6.45, 7) is 6.20. The molecule has 1 aromatic heterocycles. The van der Waals surface area contributed by atoms with Crippen molar-refractivity contribution >= 4 is 46.5 Å². The van der Waals surface area contributed by atoms with E-state index in [4.69, 9.17) is 0 Å². The van der Waals surface area contributed by atoms with E-state index in [-0.39, 0.29) is 41.3 Å². The Morgan fingerprint density at radius 1 is 1.39 bits per heavy atom. The molecule has 0 radical (unpaired) electrons. The van der Waals surface area contributed by atoms with Crippen molar-refractivity contribution in [3.05, 3.63) is 16.9 Å². The molecule has 0 unspecified atom stereocenters. The molecule has 5 rings (SSSR count). The second kappa shape index (κ2) is 8.63. The predicted octanol–water partition coefficient (Wildman–Crippen LogP) is -0.529. The van der Waals surface area contributed by atoms with Crippen molar-refractivity contribution in [1.82, 2.24) is 35.3 Å². The first kappa shape index (κ1) is 22.2. The Morgan fingerprint density at radius 2 is 2.18 bits per heavy atom. The predicted molar refractivity (Wildman–Crippen MR) is 121 cm³/mol. The number of rotatable bonds is 7. The van der Waals surface area contributed by atoms with Gasteiger partial charge in [0.2, 0.25) is 11.8 Å². The van der Waals surface area contributed by atoms with Gasteiger partial charge in [0.25, 0.3) is 0 Å². The van der Waals surface area contributed by atoms with Crippen molar-refractivity contribution in [2.45, 2.75) is 37.7 Å². The molecule has 4 atom stereocenters. The zero-order valence-corrected chi connectivity index (χ0v) is 19.8. The SMILES string of the molecule is C[C@@H](NC(=O)Cn1cnnn1)[C@H]1C(=O)N2C(C(=O)O)=C(SC3CN(C4=NCCS4)C3)[C@H](C)[C@H]12. The van der Waals surface area contributed by atoms with Gasteiger partial charge in [0, 0.05) is 41.0 Å². The molecule has 2 amide bonds. The first-order valence-corrected chi connectivity index (χ1v) is 12.6. The number of aliphatic imine (C=N–C) groups is 1. The maximum Gasteiger partial charge on any atom is 0.353 e. The molecule has 33 heavy (non-hydrogen) atoms. The highest BCUT2D eigenvalue weighted by molar-refractivity contribution is 8.14. The average molecular weight is 493 g/mol. The zero-order chi connectivity index (χ0) is 23.3. The lowest BCUT2D eigenvalue weighted by Crippen LogP contribution is -2.66. The van der Waals surface area contributed by atoms with E-state index in [9.17, 15) is 19.5 Å². The maximum atomic E-state index is 13.0. The summed E-state index contributed by atoms with van der Waals surface area (Å²) >= 11 is 3.33. The molecule has 14 heteroatoms. The number of likely N-dealkylation sites (tertiary alicyclic amines) is 1. The van der Waals surface area contributed by atoms with Crippen LogP contribution in [0.25, 0.3) is 0 Å². The number of carbonyl (C=O) groups is 3. The standard InChI is InChI=1S/C19H24N8O4S2/c1-9-14-13(10(2)22-12(28)7-26-8-21-23-24-26)17(29)27(14)15(18(30)31)16(9)33-11-5-25(6-11)19-20-3-4-32-19/h8-11,13-14H,3-7H2,1-2H3,(H,22,28)(H,30,31)/t9-,10-,13-,14-/m1/s1. The number of carbonyl (C=O) groups excluding carboxylic acids is 2. The minimum absolute atomic E-state index is 0.0519. The van der Waals surface area contributed by atoms with Crippen molar-refractivity contribution in [3.8, 4) is 0 Å². The molecule has 0 bridgehead atoms. The zero-order valence-electron chi connectivity index (χ0n) is 18.1. The number of hydrogen-bond acceptors (Lipinski definition) is 10. The third-order valence-corrected chi connectivity index (χ3v) is 8.88. The summed E-state index contributed by atoms with van der Waals surface area (Å²) in [4.78, 5) is 46.3. The van der Waals surface area contributed by atoms with Crippen LogP contribution in [0.15, 0.2) is 21.9 Å². The molecule has 2 N–H and O–H groups in total. The normalized spacial score (nSPS) is 27.8. The number of nitrogens with zero attached hydrogens (tertiary/aromatic N) is 7. The van der Waals surface area contributed by atoms with Gasteiger partial charge in [-0.3, -0.25) is 14.6 Å². The van der Waals surface area contributed by atoms with Gasteiger partial charge in [-0.25, -0.2) is 9.48 Å². The van der Waals surface area contributed by atoms with Crippen LogP contribution in [0.2, 0.25) is 0 Å². The van der Waals surface area contributed by atoms with Crippen molar-refractivity contribution < 1.29 is 19.5 Å². The highest BCUT2D eigenvalue weighted by Gasteiger charge is 2.60. The number of tetrazole rings is 1. The Hall–Kier alpha value is -2.61. The summed E-state index contributed by atoms with van der Waals surface area (Å²) in [5.41, 5.74) is 0.0944. The Balaban J connectivity index is 1.24. The maximum absolute atomic E-state index is 13.0. The van der Waals surface area contributed by atoms with E-state index in [0.717, 1.165) is 35.5 Å². The van der Waals surface area contributed by atoms with Crippen molar-refractivity contribution in [2.75, 3.05) is 25.4 Å². The lowest BCUT2D eigenvalue weighted by molar-refractivity contribution is -0.158. The molecule has 2 saturated heterocycles. The minimum atomic E-state index is -1.08. The Labute approximate surface area is 198 Å². The Kier molecular flexibility index (Phi) is 5.80. The molecule has 0 aliphatic carbocycles. The van der Waals surface area contributed by atoms with E-state index in [2.05, 4.69) is 30.7 Å². The summed E-state index contributed by atoms with van der Waals surface area (Å²) in [6, 6.07) is -0.721. The van der Waals surface area contributed by atoms with Gasteiger partial charge >= 0.3 is 5.97 Å². The molecule has 0 aromatic carbocycles. The molecule has 1 aromatic rings. The topological polar surface area (TPSA) is 146 Å².